The largest absolute Gasteiger partial charge is 0.477 e. The number of carbonyl (C=O) groups excluding carboxylic acids is 1. The van der Waals surface area contributed by atoms with E-state index in [1.807, 2.05) is 19.1 Å². The summed E-state index contributed by atoms with van der Waals surface area (Å²) in [5.74, 6) is -1.39. The number of amides is 1. The van der Waals surface area contributed by atoms with Crippen LogP contribution < -0.4 is 5.32 Å². The molecule has 5 heteroatoms. The molecule has 5 nitrogen and oxygen atoms in total. The maximum atomic E-state index is 11.1. The van der Waals surface area contributed by atoms with E-state index in [0.29, 0.717) is 16.6 Å². The Labute approximate surface area is 97.4 Å². The minimum Gasteiger partial charge on any atom is -0.477 e. The molecule has 0 saturated heterocycles. The van der Waals surface area contributed by atoms with Gasteiger partial charge in [0.2, 0.25) is 5.91 Å². The van der Waals surface area contributed by atoms with Crippen molar-refractivity contribution in [2.24, 2.45) is 0 Å². The van der Waals surface area contributed by atoms with Crippen LogP contribution in [0.1, 0.15) is 23.0 Å². The molecule has 1 amide bonds. The van der Waals surface area contributed by atoms with Crippen molar-refractivity contribution >= 4 is 28.5 Å². The Bertz CT molecular complexity index is 613. The summed E-state index contributed by atoms with van der Waals surface area (Å²) in [7, 11) is 0. The smallest absolute Gasteiger partial charge is 0.354 e. The molecule has 1 aromatic heterocycles. The predicted molar refractivity (Wildman–Crippen MR) is 64.3 cm³/mol. The van der Waals surface area contributed by atoms with Crippen molar-refractivity contribution in [2.45, 2.75) is 13.8 Å². The molecule has 2 aromatic rings. The molecule has 0 spiro atoms. The van der Waals surface area contributed by atoms with E-state index in [0.717, 1.165) is 5.56 Å². The molecule has 0 fully saturated rings. The van der Waals surface area contributed by atoms with Gasteiger partial charge in [0.1, 0.15) is 5.69 Å². The summed E-state index contributed by atoms with van der Waals surface area (Å²) in [5.41, 5.74) is 2.02. The summed E-state index contributed by atoms with van der Waals surface area (Å²) in [5, 5.41) is 12.3. The van der Waals surface area contributed by atoms with Gasteiger partial charge in [-0.15, -0.1) is 0 Å². The van der Waals surface area contributed by atoms with Crippen LogP contribution in [0.2, 0.25) is 0 Å². The van der Waals surface area contributed by atoms with Gasteiger partial charge in [0, 0.05) is 17.8 Å². The molecule has 88 valence electrons. The van der Waals surface area contributed by atoms with Gasteiger partial charge in [-0.05, 0) is 19.1 Å². The molecule has 1 aromatic carbocycles. The summed E-state index contributed by atoms with van der Waals surface area (Å²) < 4.78 is 0. The first-order chi connectivity index (χ1) is 7.99. The normalized spacial score (nSPS) is 10.5. The SMILES string of the molecule is CC(=O)Nc1c(C(=O)O)[nH]c2ccc(C)cc12. The van der Waals surface area contributed by atoms with Crippen LogP contribution in [0.3, 0.4) is 0 Å². The maximum Gasteiger partial charge on any atom is 0.354 e. The van der Waals surface area contributed by atoms with Crippen LogP contribution in [-0.2, 0) is 4.79 Å². The summed E-state index contributed by atoms with van der Waals surface area (Å²) in [6.07, 6.45) is 0. The van der Waals surface area contributed by atoms with Gasteiger partial charge in [0.15, 0.2) is 0 Å². The number of aromatic nitrogens is 1. The number of carboxylic acids is 1. The van der Waals surface area contributed by atoms with Crippen LogP contribution in [-0.4, -0.2) is 22.0 Å². The maximum absolute atomic E-state index is 11.1. The quantitative estimate of drug-likeness (QED) is 0.741. The Morgan fingerprint density at radius 2 is 2.06 bits per heavy atom. The Hall–Kier alpha value is -2.30. The van der Waals surface area contributed by atoms with E-state index in [-0.39, 0.29) is 11.6 Å². The van der Waals surface area contributed by atoms with Crippen LogP contribution >= 0.6 is 0 Å². The molecule has 1 heterocycles. The number of fused-ring (bicyclic) bond motifs is 1. The topological polar surface area (TPSA) is 82.2 Å². The highest BCUT2D eigenvalue weighted by molar-refractivity contribution is 6.10. The van der Waals surface area contributed by atoms with Gasteiger partial charge in [-0.25, -0.2) is 4.79 Å². The Kier molecular flexibility index (Phi) is 2.59. The number of hydrogen-bond donors (Lipinski definition) is 3. The molecule has 0 aliphatic rings. The van der Waals surface area contributed by atoms with Crippen LogP contribution in [0, 0.1) is 6.92 Å². The van der Waals surface area contributed by atoms with Crippen molar-refractivity contribution in [3.8, 4) is 0 Å². The number of aromatic carboxylic acids is 1. The van der Waals surface area contributed by atoms with E-state index in [9.17, 15) is 9.59 Å². The number of hydrogen-bond acceptors (Lipinski definition) is 2. The molecule has 0 bridgehead atoms. The van der Waals surface area contributed by atoms with Crippen molar-refractivity contribution in [2.75, 3.05) is 5.32 Å². The van der Waals surface area contributed by atoms with Gasteiger partial charge in [0.25, 0.3) is 0 Å². The molecular formula is C12H12N2O3. The average molecular weight is 232 g/mol. The fourth-order valence-electron chi connectivity index (χ4n) is 1.77. The van der Waals surface area contributed by atoms with Crippen molar-refractivity contribution in [3.05, 3.63) is 29.5 Å². The van der Waals surface area contributed by atoms with Crippen molar-refractivity contribution in [1.82, 2.24) is 4.98 Å². The molecule has 0 unspecified atom stereocenters. The molecule has 0 saturated carbocycles. The molecule has 0 aliphatic carbocycles. The Morgan fingerprint density at radius 3 is 2.65 bits per heavy atom. The third-order valence-corrected chi connectivity index (χ3v) is 2.47. The molecule has 2 rings (SSSR count). The van der Waals surface area contributed by atoms with E-state index >= 15 is 0 Å². The molecule has 0 radical (unpaired) electrons. The highest BCUT2D eigenvalue weighted by Crippen LogP contribution is 2.28. The van der Waals surface area contributed by atoms with Gasteiger partial charge < -0.3 is 15.4 Å². The zero-order valence-corrected chi connectivity index (χ0v) is 9.50. The minimum atomic E-state index is -1.09. The first-order valence-electron chi connectivity index (χ1n) is 5.12. The van der Waals surface area contributed by atoms with Gasteiger partial charge >= 0.3 is 5.97 Å². The number of nitrogens with one attached hydrogen (secondary N) is 2. The molecule has 17 heavy (non-hydrogen) atoms. The van der Waals surface area contributed by atoms with Crippen LogP contribution in [0.15, 0.2) is 18.2 Å². The summed E-state index contributed by atoms with van der Waals surface area (Å²) in [6.45, 7) is 3.25. The van der Waals surface area contributed by atoms with E-state index < -0.39 is 5.97 Å². The van der Waals surface area contributed by atoms with Gasteiger partial charge in [-0.2, -0.15) is 0 Å². The first-order valence-corrected chi connectivity index (χ1v) is 5.12. The van der Waals surface area contributed by atoms with E-state index in [1.54, 1.807) is 6.07 Å². The highest BCUT2D eigenvalue weighted by atomic mass is 16.4. The zero-order valence-electron chi connectivity index (χ0n) is 9.50. The molecular weight excluding hydrogens is 220 g/mol. The van der Waals surface area contributed by atoms with E-state index in [2.05, 4.69) is 10.3 Å². The van der Waals surface area contributed by atoms with Gasteiger partial charge in [-0.3, -0.25) is 4.79 Å². The fraction of sp³-hybridized carbons (Fsp3) is 0.167. The lowest BCUT2D eigenvalue weighted by atomic mass is 10.1. The third-order valence-electron chi connectivity index (χ3n) is 2.47. The standard InChI is InChI=1S/C12H12N2O3/c1-6-3-4-9-8(5-6)10(13-7(2)15)11(14-9)12(16)17/h3-5,14H,1-2H3,(H,13,15)(H,16,17). The van der Waals surface area contributed by atoms with Crippen molar-refractivity contribution in [1.29, 1.82) is 0 Å². The molecule has 0 aliphatic heterocycles. The zero-order chi connectivity index (χ0) is 12.6. The summed E-state index contributed by atoms with van der Waals surface area (Å²) >= 11 is 0. The Balaban J connectivity index is 2.72. The highest BCUT2D eigenvalue weighted by Gasteiger charge is 2.17. The average Bonchev–Trinajstić information content (AvgIpc) is 2.56. The van der Waals surface area contributed by atoms with Gasteiger partial charge in [-0.1, -0.05) is 11.6 Å². The summed E-state index contributed by atoms with van der Waals surface area (Å²) in [6, 6.07) is 5.51. The lowest BCUT2D eigenvalue weighted by molar-refractivity contribution is -0.114. The number of carboxylic acid groups (broad SMARTS) is 1. The number of rotatable bonds is 2. The number of carbonyl (C=O) groups is 2. The van der Waals surface area contributed by atoms with Crippen LogP contribution in [0.25, 0.3) is 10.9 Å². The number of H-pyrrole nitrogens is 1. The second-order valence-electron chi connectivity index (χ2n) is 3.91. The second kappa shape index (κ2) is 3.93. The third kappa shape index (κ3) is 1.99. The first kappa shape index (κ1) is 11.2. The lowest BCUT2D eigenvalue weighted by Crippen LogP contribution is -2.09. The van der Waals surface area contributed by atoms with E-state index in [1.165, 1.54) is 6.92 Å². The van der Waals surface area contributed by atoms with Crippen LogP contribution in [0.4, 0.5) is 5.69 Å². The van der Waals surface area contributed by atoms with Crippen molar-refractivity contribution < 1.29 is 14.7 Å². The monoisotopic (exact) mass is 232 g/mol. The number of aryl methyl sites for hydroxylation is 1. The molecule has 3 N–H and O–H groups in total. The van der Waals surface area contributed by atoms with Gasteiger partial charge in [0.05, 0.1) is 5.69 Å². The van der Waals surface area contributed by atoms with Crippen molar-refractivity contribution in [3.63, 3.8) is 0 Å². The number of aromatic amines is 1. The van der Waals surface area contributed by atoms with E-state index in [4.69, 9.17) is 5.11 Å². The minimum absolute atomic E-state index is 0.000741. The number of anilines is 1. The molecule has 0 atom stereocenters. The number of benzene rings is 1. The lowest BCUT2D eigenvalue weighted by Gasteiger charge is -2.02. The predicted octanol–water partition coefficient (Wildman–Crippen LogP) is 2.13. The fourth-order valence-corrected chi connectivity index (χ4v) is 1.77. The summed E-state index contributed by atoms with van der Waals surface area (Å²) in [4.78, 5) is 25.0. The van der Waals surface area contributed by atoms with Crippen LogP contribution in [0.5, 0.6) is 0 Å². The second-order valence-corrected chi connectivity index (χ2v) is 3.91. The Morgan fingerprint density at radius 1 is 1.35 bits per heavy atom.